The van der Waals surface area contributed by atoms with Crippen molar-refractivity contribution in [3.63, 3.8) is 0 Å². The summed E-state index contributed by atoms with van der Waals surface area (Å²) in [6.07, 6.45) is 5.96. The number of nitrogens with zero attached hydrogens (tertiary/aromatic N) is 2. The molecular formula is C22H27N3O2. The molecule has 1 unspecified atom stereocenters. The molecule has 0 saturated carbocycles. The Bertz CT molecular complexity index is 852. The van der Waals surface area contributed by atoms with Crippen LogP contribution in [-0.2, 0) is 23.1 Å². The third-order valence-corrected chi connectivity index (χ3v) is 4.98. The first-order valence-corrected chi connectivity index (χ1v) is 9.49. The largest absolute Gasteiger partial charge is 0.354 e. The van der Waals surface area contributed by atoms with Gasteiger partial charge in [0.05, 0.1) is 12.1 Å². The average Bonchev–Trinajstić information content (AvgIpc) is 3.05. The van der Waals surface area contributed by atoms with E-state index in [1.165, 1.54) is 0 Å². The number of nitrogens with one attached hydrogen (secondary N) is 1. The quantitative estimate of drug-likeness (QED) is 0.798. The van der Waals surface area contributed by atoms with Crippen molar-refractivity contribution in [2.24, 2.45) is 7.05 Å². The number of unbranched alkanes of at least 4 members (excludes halogenated alkanes) is 1. The molecule has 27 heavy (non-hydrogen) atoms. The van der Waals surface area contributed by atoms with Gasteiger partial charge in [-0.25, -0.2) is 0 Å². The Morgan fingerprint density at radius 3 is 2.59 bits per heavy atom. The lowest BCUT2D eigenvalue weighted by molar-refractivity contribution is -0.137. The van der Waals surface area contributed by atoms with Crippen molar-refractivity contribution < 1.29 is 9.59 Å². The van der Waals surface area contributed by atoms with Crippen LogP contribution >= 0.6 is 0 Å². The fraction of sp³-hybridized carbons (Fsp3) is 0.364. The number of carbonyl (C=O) groups is 2. The van der Waals surface area contributed by atoms with E-state index in [0.717, 1.165) is 35.2 Å². The molecule has 0 aliphatic carbocycles. The molecule has 1 atom stereocenters. The maximum atomic E-state index is 13.1. The molecule has 0 spiro atoms. The van der Waals surface area contributed by atoms with Crippen LogP contribution in [0.15, 0.2) is 48.8 Å². The van der Waals surface area contributed by atoms with Crippen LogP contribution in [0.4, 0.5) is 0 Å². The number of aryl methyl sites for hydroxylation is 1. The van der Waals surface area contributed by atoms with Gasteiger partial charge < -0.3 is 14.8 Å². The van der Waals surface area contributed by atoms with E-state index in [-0.39, 0.29) is 18.2 Å². The number of benzene rings is 1. The van der Waals surface area contributed by atoms with E-state index in [2.05, 4.69) is 12.2 Å². The fourth-order valence-corrected chi connectivity index (χ4v) is 3.51. The highest BCUT2D eigenvalue weighted by atomic mass is 16.2. The molecule has 142 valence electrons. The van der Waals surface area contributed by atoms with Crippen LogP contribution in [0.2, 0.25) is 0 Å². The van der Waals surface area contributed by atoms with Crippen molar-refractivity contribution in [1.82, 2.24) is 14.8 Å². The standard InChI is InChI=1S/C22H27N3O2/c1-4-5-12-23-22(27)21-20-18(11-13-24(20)3)16(2)15-25(21)19(26)14-17-9-7-6-8-10-17/h6-11,13,15,21H,4-5,12,14H2,1-3H3,(H,23,27). The molecule has 1 aliphatic rings. The Balaban J connectivity index is 1.92. The zero-order chi connectivity index (χ0) is 19.4. The number of allylic oxidation sites excluding steroid dienone is 1. The number of hydrogen-bond donors (Lipinski definition) is 1. The molecule has 0 bridgehead atoms. The summed E-state index contributed by atoms with van der Waals surface area (Å²) in [6.45, 7) is 4.69. The van der Waals surface area contributed by atoms with E-state index in [1.807, 2.05) is 67.3 Å². The average molecular weight is 365 g/mol. The van der Waals surface area contributed by atoms with Gasteiger partial charge in [0.2, 0.25) is 11.8 Å². The van der Waals surface area contributed by atoms with E-state index >= 15 is 0 Å². The molecule has 2 amide bonds. The molecule has 5 heteroatoms. The molecule has 1 aliphatic heterocycles. The van der Waals surface area contributed by atoms with E-state index < -0.39 is 6.04 Å². The predicted molar refractivity (Wildman–Crippen MR) is 107 cm³/mol. The molecule has 0 saturated heterocycles. The Labute approximate surface area is 160 Å². The van der Waals surface area contributed by atoms with Gasteiger partial charge in [-0.05, 0) is 30.5 Å². The molecular weight excluding hydrogens is 338 g/mol. The van der Waals surface area contributed by atoms with Gasteiger partial charge in [0, 0.05) is 31.6 Å². The van der Waals surface area contributed by atoms with Crippen LogP contribution in [0.3, 0.4) is 0 Å². The van der Waals surface area contributed by atoms with Crippen LogP contribution in [-0.4, -0.2) is 27.8 Å². The van der Waals surface area contributed by atoms with Crippen LogP contribution in [0.5, 0.6) is 0 Å². The van der Waals surface area contributed by atoms with Crippen molar-refractivity contribution in [2.75, 3.05) is 6.54 Å². The van der Waals surface area contributed by atoms with Crippen molar-refractivity contribution >= 4 is 17.4 Å². The third-order valence-electron chi connectivity index (χ3n) is 4.98. The monoisotopic (exact) mass is 365 g/mol. The van der Waals surface area contributed by atoms with E-state index in [0.29, 0.717) is 6.54 Å². The molecule has 2 heterocycles. The zero-order valence-electron chi connectivity index (χ0n) is 16.2. The Kier molecular flexibility index (Phi) is 5.79. The summed E-state index contributed by atoms with van der Waals surface area (Å²) in [5.74, 6) is -0.209. The molecule has 1 aromatic carbocycles. The summed E-state index contributed by atoms with van der Waals surface area (Å²) in [6, 6.07) is 11.0. The lowest BCUT2D eigenvalue weighted by atomic mass is 9.97. The topological polar surface area (TPSA) is 54.3 Å². The Morgan fingerprint density at radius 1 is 1.15 bits per heavy atom. The summed E-state index contributed by atoms with van der Waals surface area (Å²) in [5, 5.41) is 3.00. The zero-order valence-corrected chi connectivity index (χ0v) is 16.2. The molecule has 1 aromatic heterocycles. The van der Waals surface area contributed by atoms with Crippen molar-refractivity contribution in [3.05, 3.63) is 65.6 Å². The first-order valence-electron chi connectivity index (χ1n) is 9.49. The van der Waals surface area contributed by atoms with Crippen LogP contribution < -0.4 is 5.32 Å². The Morgan fingerprint density at radius 2 is 1.89 bits per heavy atom. The van der Waals surface area contributed by atoms with Crippen molar-refractivity contribution in [2.45, 2.75) is 39.2 Å². The number of rotatable bonds is 6. The summed E-state index contributed by atoms with van der Waals surface area (Å²) in [7, 11) is 1.92. The summed E-state index contributed by atoms with van der Waals surface area (Å²) in [4.78, 5) is 27.7. The summed E-state index contributed by atoms with van der Waals surface area (Å²) >= 11 is 0. The van der Waals surface area contributed by atoms with Crippen molar-refractivity contribution in [3.8, 4) is 0 Å². The molecule has 0 fully saturated rings. The third kappa shape index (κ3) is 3.97. The van der Waals surface area contributed by atoms with Crippen LogP contribution in [0.1, 0.15) is 49.6 Å². The van der Waals surface area contributed by atoms with Gasteiger partial charge in [0.15, 0.2) is 6.04 Å². The minimum Gasteiger partial charge on any atom is -0.354 e. The van der Waals surface area contributed by atoms with E-state index in [4.69, 9.17) is 0 Å². The first-order chi connectivity index (χ1) is 13.0. The maximum Gasteiger partial charge on any atom is 0.249 e. The van der Waals surface area contributed by atoms with Gasteiger partial charge in [0.25, 0.3) is 0 Å². The van der Waals surface area contributed by atoms with Gasteiger partial charge in [-0.2, -0.15) is 0 Å². The SMILES string of the molecule is CCCCNC(=O)C1c2c(ccn2C)C(C)=CN1C(=O)Cc1ccccc1. The number of fused-ring (bicyclic) bond motifs is 1. The summed E-state index contributed by atoms with van der Waals surface area (Å²) in [5.41, 5.74) is 3.82. The molecule has 5 nitrogen and oxygen atoms in total. The number of aromatic nitrogens is 1. The first kappa shape index (κ1) is 19.0. The molecule has 0 radical (unpaired) electrons. The van der Waals surface area contributed by atoms with Crippen LogP contribution in [0, 0.1) is 0 Å². The molecule has 2 aromatic rings. The van der Waals surface area contributed by atoms with Crippen LogP contribution in [0.25, 0.3) is 5.57 Å². The second kappa shape index (κ2) is 8.25. The highest BCUT2D eigenvalue weighted by molar-refractivity contribution is 5.93. The predicted octanol–water partition coefficient (Wildman–Crippen LogP) is 3.43. The number of hydrogen-bond acceptors (Lipinski definition) is 2. The van der Waals surface area contributed by atoms with E-state index in [9.17, 15) is 9.59 Å². The fourth-order valence-electron chi connectivity index (χ4n) is 3.51. The maximum absolute atomic E-state index is 13.1. The normalized spacial score (nSPS) is 15.9. The van der Waals surface area contributed by atoms with Gasteiger partial charge in [-0.15, -0.1) is 0 Å². The lowest BCUT2D eigenvalue weighted by Gasteiger charge is -2.33. The van der Waals surface area contributed by atoms with E-state index in [1.54, 1.807) is 4.90 Å². The van der Waals surface area contributed by atoms with Gasteiger partial charge in [-0.3, -0.25) is 9.59 Å². The smallest absolute Gasteiger partial charge is 0.249 e. The highest BCUT2D eigenvalue weighted by Gasteiger charge is 2.37. The number of amides is 2. The second-order valence-electron chi connectivity index (χ2n) is 7.05. The van der Waals surface area contributed by atoms with Crippen molar-refractivity contribution in [1.29, 1.82) is 0 Å². The Hall–Kier alpha value is -2.82. The summed E-state index contributed by atoms with van der Waals surface area (Å²) < 4.78 is 1.94. The number of carbonyl (C=O) groups excluding carboxylic acids is 2. The highest BCUT2D eigenvalue weighted by Crippen LogP contribution is 2.35. The second-order valence-corrected chi connectivity index (χ2v) is 7.05. The molecule has 3 rings (SSSR count). The van der Waals surface area contributed by atoms with Gasteiger partial charge >= 0.3 is 0 Å². The van der Waals surface area contributed by atoms with Gasteiger partial charge in [0.1, 0.15) is 0 Å². The minimum atomic E-state index is -0.642. The molecule has 1 N–H and O–H groups in total. The lowest BCUT2D eigenvalue weighted by Crippen LogP contribution is -2.44. The minimum absolute atomic E-state index is 0.0805. The van der Waals surface area contributed by atoms with Gasteiger partial charge in [-0.1, -0.05) is 43.7 Å².